The first-order valence-electron chi connectivity index (χ1n) is 5.91. The summed E-state index contributed by atoms with van der Waals surface area (Å²) in [6, 6.07) is 5.09. The Bertz CT molecular complexity index is 546. The normalized spacial score (nSPS) is 14.9. The fraction of sp³-hybridized carbons (Fsp3) is 0.357. The maximum absolute atomic E-state index is 9.16. The lowest BCUT2D eigenvalue weighted by Crippen LogP contribution is -2.20. The summed E-state index contributed by atoms with van der Waals surface area (Å²) >= 11 is 6.17. The molecule has 0 amide bonds. The minimum Gasteiger partial charge on any atom is -0.489 e. The average Bonchev–Trinajstić information content (AvgIpc) is 2.65. The van der Waals surface area contributed by atoms with Crippen LogP contribution in [0.5, 0.6) is 11.5 Å². The molecule has 1 aliphatic rings. The molecule has 0 spiro atoms. The van der Waals surface area contributed by atoms with Gasteiger partial charge in [-0.05, 0) is 17.7 Å². The zero-order valence-corrected chi connectivity index (χ0v) is 11.0. The Morgan fingerprint density at radius 1 is 1.42 bits per heavy atom. The number of hydrogen-bond acceptors (Lipinski definition) is 4. The van der Waals surface area contributed by atoms with Crippen molar-refractivity contribution in [3.8, 4) is 29.9 Å². The molecule has 1 unspecified atom stereocenters. The van der Waals surface area contributed by atoms with Gasteiger partial charge < -0.3 is 9.47 Å². The smallest absolute Gasteiger partial charge is 0.179 e. The second-order valence-corrected chi connectivity index (χ2v) is 4.43. The van der Waals surface area contributed by atoms with E-state index in [1.807, 2.05) is 0 Å². The lowest BCUT2D eigenvalue weighted by Gasteiger charge is -2.14. The van der Waals surface area contributed by atoms with E-state index in [9.17, 15) is 0 Å². The molecule has 0 fully saturated rings. The predicted molar refractivity (Wildman–Crippen MR) is 72.2 cm³/mol. The topological polar surface area (TPSA) is 54.3 Å². The maximum atomic E-state index is 9.16. The summed E-state index contributed by atoms with van der Waals surface area (Å²) in [7, 11) is 0. The Morgan fingerprint density at radius 3 is 2.95 bits per heavy atom. The van der Waals surface area contributed by atoms with E-state index in [4.69, 9.17) is 32.8 Å². The van der Waals surface area contributed by atoms with Crippen molar-refractivity contribution < 1.29 is 9.47 Å². The van der Waals surface area contributed by atoms with Crippen LogP contribution in [0.2, 0.25) is 5.02 Å². The third-order valence-electron chi connectivity index (χ3n) is 2.70. The fourth-order valence-corrected chi connectivity index (χ4v) is 2.09. The van der Waals surface area contributed by atoms with Crippen molar-refractivity contribution in [2.24, 2.45) is 0 Å². The van der Waals surface area contributed by atoms with Gasteiger partial charge in [-0.3, -0.25) is 5.32 Å². The second-order valence-electron chi connectivity index (χ2n) is 4.03. The first-order chi connectivity index (χ1) is 9.26. The summed E-state index contributed by atoms with van der Waals surface area (Å²) in [4.78, 5) is 0. The van der Waals surface area contributed by atoms with E-state index < -0.39 is 6.04 Å². The molecule has 1 N–H and O–H groups in total. The van der Waals surface area contributed by atoms with Gasteiger partial charge in [0.2, 0.25) is 0 Å². The van der Waals surface area contributed by atoms with Crippen LogP contribution in [0.1, 0.15) is 18.0 Å². The van der Waals surface area contributed by atoms with Crippen LogP contribution in [0.25, 0.3) is 0 Å². The van der Waals surface area contributed by atoms with Gasteiger partial charge in [-0.15, -0.1) is 6.42 Å². The molecule has 0 saturated heterocycles. The minimum absolute atomic E-state index is 0.310. The molecule has 0 aliphatic carbocycles. The molecule has 98 valence electrons. The first-order valence-corrected chi connectivity index (χ1v) is 6.29. The van der Waals surface area contributed by atoms with E-state index in [0.29, 0.717) is 41.8 Å². The SMILES string of the molecule is C#CCNC(C#N)c1cc(Cl)c2c(c1)OCCCO2. The number of nitriles is 1. The third kappa shape index (κ3) is 3.12. The Kier molecular flexibility index (Phi) is 4.52. The van der Waals surface area contributed by atoms with Gasteiger partial charge in [-0.25, -0.2) is 0 Å². The number of nitrogens with one attached hydrogen (secondary N) is 1. The van der Waals surface area contributed by atoms with Crippen molar-refractivity contribution in [3.05, 3.63) is 22.7 Å². The van der Waals surface area contributed by atoms with Crippen molar-refractivity contribution in [2.75, 3.05) is 19.8 Å². The van der Waals surface area contributed by atoms with Crippen LogP contribution >= 0.6 is 11.6 Å². The highest BCUT2D eigenvalue weighted by atomic mass is 35.5. The molecular formula is C14H13ClN2O2. The van der Waals surface area contributed by atoms with Crippen molar-refractivity contribution in [2.45, 2.75) is 12.5 Å². The summed E-state index contributed by atoms with van der Waals surface area (Å²) in [5, 5.41) is 12.5. The molecule has 0 saturated carbocycles. The van der Waals surface area contributed by atoms with E-state index in [1.165, 1.54) is 0 Å². The maximum Gasteiger partial charge on any atom is 0.179 e. The van der Waals surface area contributed by atoms with E-state index in [-0.39, 0.29) is 0 Å². The summed E-state index contributed by atoms with van der Waals surface area (Å²) in [6.45, 7) is 1.45. The lowest BCUT2D eigenvalue weighted by atomic mass is 10.1. The van der Waals surface area contributed by atoms with E-state index in [2.05, 4.69) is 17.3 Å². The van der Waals surface area contributed by atoms with Gasteiger partial charge in [0.1, 0.15) is 6.04 Å². The van der Waals surface area contributed by atoms with Crippen molar-refractivity contribution >= 4 is 11.6 Å². The molecule has 0 radical (unpaired) electrons. The standard InChI is InChI=1S/C14H13ClN2O2/c1-2-4-17-12(9-16)10-7-11(15)14-13(8-10)18-5-3-6-19-14/h1,7-8,12,17H,3-6H2. The lowest BCUT2D eigenvalue weighted by molar-refractivity contribution is 0.297. The average molecular weight is 277 g/mol. The number of halogens is 1. The molecule has 1 aliphatic heterocycles. The largest absolute Gasteiger partial charge is 0.489 e. The van der Waals surface area contributed by atoms with Crippen LogP contribution in [-0.4, -0.2) is 19.8 Å². The van der Waals surface area contributed by atoms with Gasteiger partial charge in [0.15, 0.2) is 11.5 Å². The minimum atomic E-state index is -0.522. The zero-order valence-electron chi connectivity index (χ0n) is 10.3. The molecule has 19 heavy (non-hydrogen) atoms. The molecule has 1 atom stereocenters. The second kappa shape index (κ2) is 6.33. The van der Waals surface area contributed by atoms with Crippen LogP contribution < -0.4 is 14.8 Å². The Morgan fingerprint density at radius 2 is 2.21 bits per heavy atom. The molecule has 1 heterocycles. The molecule has 0 aromatic heterocycles. The van der Waals surface area contributed by atoms with E-state index in [1.54, 1.807) is 12.1 Å². The number of hydrogen-bond donors (Lipinski definition) is 1. The summed E-state index contributed by atoms with van der Waals surface area (Å²) in [5.74, 6) is 3.55. The van der Waals surface area contributed by atoms with Gasteiger partial charge >= 0.3 is 0 Å². The van der Waals surface area contributed by atoms with E-state index in [0.717, 1.165) is 6.42 Å². The highest BCUT2D eigenvalue weighted by Crippen LogP contribution is 2.39. The van der Waals surface area contributed by atoms with Gasteiger partial charge in [-0.1, -0.05) is 17.5 Å². The number of rotatable bonds is 3. The first kappa shape index (κ1) is 13.5. The molecule has 4 nitrogen and oxygen atoms in total. The quantitative estimate of drug-likeness (QED) is 0.861. The summed E-state index contributed by atoms with van der Waals surface area (Å²) in [5.41, 5.74) is 0.715. The molecule has 0 bridgehead atoms. The number of terminal acetylenes is 1. The molecular weight excluding hydrogens is 264 g/mol. The summed E-state index contributed by atoms with van der Waals surface area (Å²) < 4.78 is 11.1. The Balaban J connectivity index is 2.32. The van der Waals surface area contributed by atoms with Crippen molar-refractivity contribution in [1.29, 1.82) is 5.26 Å². The predicted octanol–water partition coefficient (Wildman–Crippen LogP) is 2.29. The van der Waals surface area contributed by atoms with E-state index >= 15 is 0 Å². The number of ether oxygens (including phenoxy) is 2. The zero-order chi connectivity index (χ0) is 13.7. The van der Waals surface area contributed by atoms with Gasteiger partial charge in [0, 0.05) is 6.42 Å². The fourth-order valence-electron chi connectivity index (χ4n) is 1.82. The third-order valence-corrected chi connectivity index (χ3v) is 2.98. The van der Waals surface area contributed by atoms with Crippen LogP contribution in [0.4, 0.5) is 0 Å². The molecule has 1 aromatic rings. The summed E-state index contributed by atoms with van der Waals surface area (Å²) in [6.07, 6.45) is 5.98. The molecule has 1 aromatic carbocycles. The Labute approximate surface area is 117 Å². The van der Waals surface area contributed by atoms with Crippen LogP contribution in [0.3, 0.4) is 0 Å². The van der Waals surface area contributed by atoms with Gasteiger partial charge in [0.05, 0.1) is 30.9 Å². The van der Waals surface area contributed by atoms with Gasteiger partial charge in [0.25, 0.3) is 0 Å². The molecule has 5 heteroatoms. The Hall–Kier alpha value is -1.88. The highest BCUT2D eigenvalue weighted by molar-refractivity contribution is 6.32. The van der Waals surface area contributed by atoms with Crippen molar-refractivity contribution in [3.63, 3.8) is 0 Å². The van der Waals surface area contributed by atoms with Crippen LogP contribution in [0, 0.1) is 23.7 Å². The highest BCUT2D eigenvalue weighted by Gasteiger charge is 2.19. The van der Waals surface area contributed by atoms with Crippen LogP contribution in [-0.2, 0) is 0 Å². The number of fused-ring (bicyclic) bond motifs is 1. The molecule has 2 rings (SSSR count). The van der Waals surface area contributed by atoms with Crippen LogP contribution in [0.15, 0.2) is 12.1 Å². The number of benzene rings is 1. The van der Waals surface area contributed by atoms with Crippen molar-refractivity contribution in [1.82, 2.24) is 5.32 Å². The number of nitrogens with zero attached hydrogens (tertiary/aromatic N) is 1. The monoisotopic (exact) mass is 276 g/mol. The van der Waals surface area contributed by atoms with Gasteiger partial charge in [-0.2, -0.15) is 5.26 Å².